The molecule has 0 aromatic heterocycles. The normalized spacial score (nSPS) is 11.8. The topological polar surface area (TPSA) is 23.8 Å². The van der Waals surface area contributed by atoms with Crippen molar-refractivity contribution in [2.45, 2.75) is 26.7 Å². The first-order chi connectivity index (χ1) is 9.22. The molecule has 0 amide bonds. The van der Waals surface area contributed by atoms with Crippen LogP contribution in [0.1, 0.15) is 31.4 Å². The van der Waals surface area contributed by atoms with Crippen LogP contribution in [-0.4, -0.2) is 0 Å². The lowest BCUT2D eigenvalue weighted by Gasteiger charge is -2.09. The van der Waals surface area contributed by atoms with Crippen LogP contribution in [0.4, 0.5) is 0 Å². The van der Waals surface area contributed by atoms with Crippen molar-refractivity contribution >= 4 is 0 Å². The van der Waals surface area contributed by atoms with E-state index in [0.717, 1.165) is 17.9 Å². The van der Waals surface area contributed by atoms with Gasteiger partial charge in [0.05, 0.1) is 11.6 Å². The van der Waals surface area contributed by atoms with Crippen molar-refractivity contribution < 1.29 is 0 Å². The van der Waals surface area contributed by atoms with Gasteiger partial charge in [0.2, 0.25) is 0 Å². The number of rotatable bonds is 4. The van der Waals surface area contributed by atoms with Crippen molar-refractivity contribution in [2.24, 2.45) is 5.92 Å². The predicted octanol–water partition coefficient (Wildman–Crippen LogP) is 4.81. The molecule has 0 aliphatic rings. The molecule has 0 radical (unpaired) electrons. The van der Waals surface area contributed by atoms with Crippen molar-refractivity contribution in [1.29, 1.82) is 5.26 Å². The van der Waals surface area contributed by atoms with E-state index in [-0.39, 0.29) is 0 Å². The second-order valence-corrected chi connectivity index (χ2v) is 5.10. The maximum absolute atomic E-state index is 8.79. The highest BCUT2D eigenvalue weighted by atomic mass is 14.2. The molecule has 0 spiro atoms. The van der Waals surface area contributed by atoms with Gasteiger partial charge in [-0.15, -0.1) is 0 Å². The lowest BCUT2D eigenvalue weighted by molar-refractivity contribution is 0.560. The van der Waals surface area contributed by atoms with Crippen LogP contribution < -0.4 is 0 Å². The van der Waals surface area contributed by atoms with E-state index < -0.39 is 0 Å². The van der Waals surface area contributed by atoms with Crippen LogP contribution in [0.15, 0.2) is 48.5 Å². The SMILES string of the molecule is CCC(C)Cc1ccc(-c2ccc(C#N)cc2)cc1. The molecule has 1 heteroatoms. The molecule has 1 nitrogen and oxygen atoms in total. The standard InChI is InChI=1S/C18H19N/c1-3-14(2)12-15-4-8-17(9-5-15)18-10-6-16(13-19)7-11-18/h4-11,14H,3,12H2,1-2H3. The molecule has 0 saturated heterocycles. The van der Waals surface area contributed by atoms with E-state index in [1.165, 1.54) is 17.5 Å². The van der Waals surface area contributed by atoms with Gasteiger partial charge in [0.15, 0.2) is 0 Å². The largest absolute Gasteiger partial charge is 0.192 e. The number of nitrogens with zero attached hydrogens (tertiary/aromatic N) is 1. The number of hydrogen-bond donors (Lipinski definition) is 0. The summed E-state index contributed by atoms with van der Waals surface area (Å²) in [5.41, 5.74) is 4.47. The Morgan fingerprint density at radius 2 is 1.47 bits per heavy atom. The lowest BCUT2D eigenvalue weighted by Crippen LogP contribution is -1.97. The van der Waals surface area contributed by atoms with E-state index >= 15 is 0 Å². The average molecular weight is 249 g/mol. The molecule has 0 N–H and O–H groups in total. The van der Waals surface area contributed by atoms with Crippen LogP contribution in [-0.2, 0) is 6.42 Å². The van der Waals surface area contributed by atoms with Crippen LogP contribution in [0.2, 0.25) is 0 Å². The van der Waals surface area contributed by atoms with Crippen molar-refractivity contribution in [3.63, 3.8) is 0 Å². The van der Waals surface area contributed by atoms with Crippen LogP contribution in [0.3, 0.4) is 0 Å². The fraction of sp³-hybridized carbons (Fsp3) is 0.278. The van der Waals surface area contributed by atoms with Gasteiger partial charge in [-0.2, -0.15) is 5.26 Å². The fourth-order valence-corrected chi connectivity index (χ4v) is 2.12. The Morgan fingerprint density at radius 1 is 0.947 bits per heavy atom. The van der Waals surface area contributed by atoms with Gasteiger partial charge in [0.1, 0.15) is 0 Å². The highest BCUT2D eigenvalue weighted by molar-refractivity contribution is 5.64. The smallest absolute Gasteiger partial charge is 0.0991 e. The van der Waals surface area contributed by atoms with E-state index in [4.69, 9.17) is 5.26 Å². The highest BCUT2D eigenvalue weighted by Gasteiger charge is 2.02. The van der Waals surface area contributed by atoms with Gasteiger partial charge in [-0.25, -0.2) is 0 Å². The zero-order valence-electron chi connectivity index (χ0n) is 11.6. The van der Waals surface area contributed by atoms with Gasteiger partial charge in [-0.3, -0.25) is 0 Å². The van der Waals surface area contributed by atoms with Gasteiger partial charge in [-0.05, 0) is 41.2 Å². The minimum Gasteiger partial charge on any atom is -0.192 e. The molecule has 1 atom stereocenters. The quantitative estimate of drug-likeness (QED) is 0.762. The van der Waals surface area contributed by atoms with E-state index in [1.54, 1.807) is 0 Å². The molecule has 2 aromatic rings. The number of hydrogen-bond acceptors (Lipinski definition) is 1. The predicted molar refractivity (Wildman–Crippen MR) is 79.8 cm³/mol. The summed E-state index contributed by atoms with van der Waals surface area (Å²) in [5.74, 6) is 0.737. The Balaban J connectivity index is 2.15. The number of nitriles is 1. The van der Waals surface area contributed by atoms with Gasteiger partial charge in [0.25, 0.3) is 0 Å². The van der Waals surface area contributed by atoms with Crippen molar-refractivity contribution in [3.05, 3.63) is 59.7 Å². The molecule has 19 heavy (non-hydrogen) atoms. The Morgan fingerprint density at radius 3 is 1.95 bits per heavy atom. The van der Waals surface area contributed by atoms with Gasteiger partial charge >= 0.3 is 0 Å². The van der Waals surface area contributed by atoms with Crippen molar-refractivity contribution in [3.8, 4) is 17.2 Å². The third kappa shape index (κ3) is 3.45. The molecule has 0 heterocycles. The summed E-state index contributed by atoms with van der Waals surface area (Å²) in [4.78, 5) is 0. The van der Waals surface area contributed by atoms with Crippen LogP contribution in [0, 0.1) is 17.2 Å². The van der Waals surface area contributed by atoms with E-state index in [0.29, 0.717) is 5.56 Å². The Labute approximate surface area is 115 Å². The minimum atomic E-state index is 0.706. The Bertz CT molecular complexity index is 558. The second-order valence-electron chi connectivity index (χ2n) is 5.10. The summed E-state index contributed by atoms with van der Waals surface area (Å²) in [7, 11) is 0. The first-order valence-corrected chi connectivity index (χ1v) is 6.82. The summed E-state index contributed by atoms with van der Waals surface area (Å²) in [5, 5.41) is 8.79. The van der Waals surface area contributed by atoms with Crippen LogP contribution in [0.5, 0.6) is 0 Å². The summed E-state index contributed by atoms with van der Waals surface area (Å²) >= 11 is 0. The molecular weight excluding hydrogens is 230 g/mol. The fourth-order valence-electron chi connectivity index (χ4n) is 2.12. The van der Waals surface area contributed by atoms with Gasteiger partial charge in [-0.1, -0.05) is 56.7 Å². The molecule has 0 saturated carbocycles. The average Bonchev–Trinajstić information content (AvgIpc) is 2.48. The lowest BCUT2D eigenvalue weighted by atomic mass is 9.96. The molecule has 0 fully saturated rings. The molecule has 0 aliphatic carbocycles. The van der Waals surface area contributed by atoms with E-state index in [2.05, 4.69) is 44.2 Å². The monoisotopic (exact) mass is 249 g/mol. The summed E-state index contributed by atoms with van der Waals surface area (Å²) in [6, 6.07) is 18.6. The molecule has 0 bridgehead atoms. The van der Waals surface area contributed by atoms with E-state index in [1.807, 2.05) is 24.3 Å². The summed E-state index contributed by atoms with van der Waals surface area (Å²) < 4.78 is 0. The zero-order chi connectivity index (χ0) is 13.7. The molecule has 2 rings (SSSR count). The first-order valence-electron chi connectivity index (χ1n) is 6.82. The van der Waals surface area contributed by atoms with Gasteiger partial charge < -0.3 is 0 Å². The molecule has 0 aliphatic heterocycles. The third-order valence-electron chi connectivity index (χ3n) is 3.58. The second kappa shape index (κ2) is 6.20. The Kier molecular flexibility index (Phi) is 4.36. The molecule has 1 unspecified atom stereocenters. The summed E-state index contributed by atoms with van der Waals surface area (Å²) in [6.45, 7) is 4.52. The Hall–Kier alpha value is -2.07. The maximum Gasteiger partial charge on any atom is 0.0991 e. The molecule has 96 valence electrons. The van der Waals surface area contributed by atoms with Crippen molar-refractivity contribution in [2.75, 3.05) is 0 Å². The van der Waals surface area contributed by atoms with E-state index in [9.17, 15) is 0 Å². The van der Waals surface area contributed by atoms with Crippen LogP contribution >= 0.6 is 0 Å². The zero-order valence-corrected chi connectivity index (χ0v) is 11.6. The maximum atomic E-state index is 8.79. The molecular formula is C18H19N. The third-order valence-corrected chi connectivity index (χ3v) is 3.58. The highest BCUT2D eigenvalue weighted by Crippen LogP contribution is 2.21. The molecule has 2 aromatic carbocycles. The van der Waals surface area contributed by atoms with Gasteiger partial charge in [0, 0.05) is 0 Å². The summed E-state index contributed by atoms with van der Waals surface area (Å²) in [6.07, 6.45) is 2.36. The minimum absolute atomic E-state index is 0.706. The van der Waals surface area contributed by atoms with Crippen LogP contribution in [0.25, 0.3) is 11.1 Å². The van der Waals surface area contributed by atoms with Crippen molar-refractivity contribution in [1.82, 2.24) is 0 Å². The first kappa shape index (κ1) is 13.4. The number of benzene rings is 2.